The molecule has 1 aliphatic heterocycles. The Bertz CT molecular complexity index is 1090. The molecular weight excluding hydrogens is 412 g/mol. The maximum Gasteiger partial charge on any atom is 0.162 e. The number of thioether (sulfide) groups is 1. The van der Waals surface area contributed by atoms with E-state index in [2.05, 4.69) is 37.9 Å². The number of nitriles is 1. The largest absolute Gasteiger partial charge is 0.384 e. The zero-order chi connectivity index (χ0) is 21.5. The van der Waals surface area contributed by atoms with Gasteiger partial charge in [0.05, 0.1) is 29.4 Å². The van der Waals surface area contributed by atoms with E-state index in [1.165, 1.54) is 0 Å². The number of pyridine rings is 1. The van der Waals surface area contributed by atoms with Crippen molar-refractivity contribution in [2.45, 2.75) is 44.4 Å². The van der Waals surface area contributed by atoms with Gasteiger partial charge in [0.25, 0.3) is 0 Å². The molecule has 5 nitrogen and oxygen atoms in total. The molecule has 1 unspecified atom stereocenters. The maximum absolute atomic E-state index is 13.5. The van der Waals surface area contributed by atoms with Crippen LogP contribution in [-0.4, -0.2) is 16.5 Å². The van der Waals surface area contributed by atoms with E-state index in [1.54, 1.807) is 35.5 Å². The lowest BCUT2D eigenvalue weighted by molar-refractivity contribution is -0.118. The maximum atomic E-state index is 13.5. The van der Waals surface area contributed by atoms with E-state index >= 15 is 0 Å². The molecule has 7 heteroatoms. The van der Waals surface area contributed by atoms with Gasteiger partial charge in [-0.2, -0.15) is 5.26 Å². The van der Waals surface area contributed by atoms with Crippen LogP contribution in [0.5, 0.6) is 0 Å². The molecule has 0 aromatic carbocycles. The smallest absolute Gasteiger partial charge is 0.162 e. The zero-order valence-electron chi connectivity index (χ0n) is 17.3. The number of allylic oxidation sites excluding steroid dienone is 3. The number of carbonyl (C=O) groups excluding carboxylic acids is 1. The molecule has 1 atom stereocenters. The molecule has 2 aliphatic rings. The van der Waals surface area contributed by atoms with Crippen LogP contribution in [0.1, 0.15) is 44.4 Å². The van der Waals surface area contributed by atoms with E-state index in [9.17, 15) is 10.1 Å². The molecule has 0 saturated carbocycles. The summed E-state index contributed by atoms with van der Waals surface area (Å²) in [6.45, 7) is 6.31. The second kappa shape index (κ2) is 7.93. The van der Waals surface area contributed by atoms with Crippen molar-refractivity contribution >= 4 is 34.6 Å². The predicted octanol–water partition coefficient (Wildman–Crippen LogP) is 5.20. The monoisotopic (exact) mass is 436 g/mol. The third kappa shape index (κ3) is 3.44. The lowest BCUT2D eigenvalue weighted by Crippen LogP contribution is -2.42. The number of hydrogen-bond donors (Lipinski definition) is 1. The van der Waals surface area contributed by atoms with Crippen molar-refractivity contribution < 1.29 is 4.79 Å². The normalized spacial score (nSPS) is 20.9. The molecule has 1 aliphatic carbocycles. The fourth-order valence-corrected chi connectivity index (χ4v) is 6.40. The van der Waals surface area contributed by atoms with Crippen LogP contribution >= 0.6 is 23.1 Å². The fraction of sp³-hybridized carbons (Fsp3) is 0.348. The molecule has 2 aromatic heterocycles. The van der Waals surface area contributed by atoms with Crippen molar-refractivity contribution in [1.29, 1.82) is 5.26 Å². The number of aromatic nitrogens is 1. The molecule has 0 fully saturated rings. The Hall–Kier alpha value is -2.56. The van der Waals surface area contributed by atoms with Crippen LogP contribution < -0.4 is 10.6 Å². The first-order valence-electron chi connectivity index (χ1n) is 9.94. The summed E-state index contributed by atoms with van der Waals surface area (Å²) in [7, 11) is 0. The van der Waals surface area contributed by atoms with Gasteiger partial charge in [0.1, 0.15) is 5.82 Å². The molecule has 4 rings (SSSR count). The van der Waals surface area contributed by atoms with Crippen molar-refractivity contribution in [2.24, 2.45) is 11.1 Å². The number of nitrogens with two attached hydrogens (primary N) is 1. The predicted molar refractivity (Wildman–Crippen MR) is 122 cm³/mol. The Kier molecular flexibility index (Phi) is 5.48. The first-order chi connectivity index (χ1) is 14.4. The number of ketones is 1. The molecule has 0 spiro atoms. The average Bonchev–Trinajstić information content (AvgIpc) is 3.15. The van der Waals surface area contributed by atoms with Gasteiger partial charge in [0.2, 0.25) is 0 Å². The summed E-state index contributed by atoms with van der Waals surface area (Å²) in [4.78, 5) is 21.7. The van der Waals surface area contributed by atoms with Gasteiger partial charge in [-0.25, -0.2) is 0 Å². The first-order valence-corrected chi connectivity index (χ1v) is 11.8. The topological polar surface area (TPSA) is 83.0 Å². The summed E-state index contributed by atoms with van der Waals surface area (Å²) in [5, 5.41) is 12.2. The molecule has 0 radical (unpaired) electrons. The highest BCUT2D eigenvalue weighted by Gasteiger charge is 2.45. The van der Waals surface area contributed by atoms with Crippen molar-refractivity contribution in [3.8, 4) is 6.07 Å². The van der Waals surface area contributed by atoms with Gasteiger partial charge in [0, 0.05) is 33.7 Å². The minimum atomic E-state index is -0.407. The molecule has 0 saturated heterocycles. The van der Waals surface area contributed by atoms with Crippen LogP contribution in [-0.2, 0) is 4.79 Å². The molecule has 0 bridgehead atoms. The number of anilines is 1. The highest BCUT2D eigenvalue weighted by molar-refractivity contribution is 7.99. The highest BCUT2D eigenvalue weighted by Crippen LogP contribution is 2.52. The summed E-state index contributed by atoms with van der Waals surface area (Å²) in [6.07, 6.45) is 4.60. The molecule has 2 aromatic rings. The summed E-state index contributed by atoms with van der Waals surface area (Å²) in [5.74, 6) is 1.00. The Morgan fingerprint density at radius 1 is 1.40 bits per heavy atom. The standard InChI is InChI=1S/C23H24N4OS2/c1-4-29-18-7-9-30-21(18)19-15(12-24)22(25)27(14-6-5-8-26-13-14)16-10-23(2,3)11-17(28)20(16)19/h5-9,13,19H,4,10-11,25H2,1-3H3. The summed E-state index contributed by atoms with van der Waals surface area (Å²) < 4.78 is 0. The number of nitrogens with zero attached hydrogens (tertiary/aromatic N) is 3. The second-order valence-electron chi connectivity index (χ2n) is 8.27. The van der Waals surface area contributed by atoms with Crippen LogP contribution in [0, 0.1) is 16.7 Å². The van der Waals surface area contributed by atoms with Gasteiger partial charge in [-0.15, -0.1) is 23.1 Å². The summed E-state index contributed by atoms with van der Waals surface area (Å²) in [6, 6.07) is 8.16. The Morgan fingerprint density at radius 2 is 2.20 bits per heavy atom. The minimum Gasteiger partial charge on any atom is -0.384 e. The average molecular weight is 437 g/mol. The van der Waals surface area contributed by atoms with Gasteiger partial charge in [-0.05, 0) is 41.2 Å². The van der Waals surface area contributed by atoms with Gasteiger partial charge >= 0.3 is 0 Å². The summed E-state index contributed by atoms with van der Waals surface area (Å²) in [5.41, 5.74) is 9.27. The van der Waals surface area contributed by atoms with Crippen LogP contribution in [0.3, 0.4) is 0 Å². The number of Topliss-reactive ketones (excluding diaryl/α,β-unsaturated/α-hetero) is 1. The molecule has 2 N–H and O–H groups in total. The van der Waals surface area contributed by atoms with Crippen LogP contribution in [0.4, 0.5) is 5.69 Å². The van der Waals surface area contributed by atoms with Crippen LogP contribution in [0.15, 0.2) is 63.5 Å². The number of thiophene rings is 1. The first kappa shape index (κ1) is 20.7. The van der Waals surface area contributed by atoms with E-state index in [0.717, 1.165) is 26.9 Å². The molecular formula is C23H24N4OS2. The van der Waals surface area contributed by atoms with E-state index < -0.39 is 5.92 Å². The van der Waals surface area contributed by atoms with E-state index in [1.807, 2.05) is 22.4 Å². The zero-order valence-corrected chi connectivity index (χ0v) is 18.9. The second-order valence-corrected chi connectivity index (χ2v) is 10.5. The molecule has 3 heterocycles. The Balaban J connectivity index is 1.99. The quantitative estimate of drug-likeness (QED) is 0.664. The van der Waals surface area contributed by atoms with Crippen LogP contribution in [0.25, 0.3) is 0 Å². The number of rotatable bonds is 4. The van der Waals surface area contributed by atoms with Crippen LogP contribution in [0.2, 0.25) is 0 Å². The minimum absolute atomic E-state index is 0.0984. The Labute approximate surface area is 185 Å². The summed E-state index contributed by atoms with van der Waals surface area (Å²) >= 11 is 3.33. The Morgan fingerprint density at radius 3 is 2.87 bits per heavy atom. The van der Waals surface area contributed by atoms with Gasteiger partial charge in [-0.1, -0.05) is 20.8 Å². The SMILES string of the molecule is CCSc1ccsc1C1C(C#N)=C(N)N(c2cccnc2)C2=C1C(=O)CC(C)(C)C2. The highest BCUT2D eigenvalue weighted by atomic mass is 32.2. The van der Waals surface area contributed by atoms with E-state index in [0.29, 0.717) is 29.8 Å². The molecule has 30 heavy (non-hydrogen) atoms. The third-order valence-corrected chi connectivity index (χ3v) is 7.57. The number of carbonyl (C=O) groups is 1. The van der Waals surface area contributed by atoms with E-state index in [-0.39, 0.29) is 11.2 Å². The van der Waals surface area contributed by atoms with Crippen molar-refractivity contribution in [3.05, 3.63) is 63.5 Å². The van der Waals surface area contributed by atoms with Gasteiger partial charge < -0.3 is 5.73 Å². The molecule has 0 amide bonds. The van der Waals surface area contributed by atoms with E-state index in [4.69, 9.17) is 5.73 Å². The van der Waals surface area contributed by atoms with Crippen molar-refractivity contribution in [3.63, 3.8) is 0 Å². The van der Waals surface area contributed by atoms with Gasteiger partial charge in [0.15, 0.2) is 5.78 Å². The number of hydrogen-bond acceptors (Lipinski definition) is 7. The van der Waals surface area contributed by atoms with Crippen molar-refractivity contribution in [1.82, 2.24) is 4.98 Å². The molecule has 154 valence electrons. The van der Waals surface area contributed by atoms with Crippen molar-refractivity contribution in [2.75, 3.05) is 10.7 Å². The fourth-order valence-electron chi connectivity index (χ4n) is 4.35. The van der Waals surface area contributed by atoms with Gasteiger partial charge in [-0.3, -0.25) is 14.7 Å². The third-order valence-electron chi connectivity index (χ3n) is 5.50. The lowest BCUT2D eigenvalue weighted by Gasteiger charge is -2.43. The lowest BCUT2D eigenvalue weighted by atomic mass is 9.69.